The lowest BCUT2D eigenvalue weighted by Gasteiger charge is -2.27. The molecule has 2 heteroatoms. The Morgan fingerprint density at radius 3 is 1.48 bits per heavy atom. The number of anilines is 3. The van der Waals surface area contributed by atoms with Crippen LogP contribution in [0.3, 0.4) is 0 Å². The van der Waals surface area contributed by atoms with Crippen LogP contribution in [0.2, 0.25) is 0 Å². The minimum atomic E-state index is 1.10. The Morgan fingerprint density at radius 2 is 0.767 bits per heavy atom. The Hall–Kier alpha value is -7.94. The highest BCUT2D eigenvalue weighted by Gasteiger charge is 2.18. The van der Waals surface area contributed by atoms with Gasteiger partial charge in [0.25, 0.3) is 0 Å². The minimum Gasteiger partial charge on any atom is -0.310 e. The van der Waals surface area contributed by atoms with Gasteiger partial charge in [-0.05, 0) is 92.9 Å². The molecule has 1 aromatic heterocycles. The van der Waals surface area contributed by atoms with Gasteiger partial charge in [0.1, 0.15) is 0 Å². The summed E-state index contributed by atoms with van der Waals surface area (Å²) in [6.45, 7) is 0. The van der Waals surface area contributed by atoms with Crippen molar-refractivity contribution in [1.29, 1.82) is 0 Å². The fourth-order valence-electron chi connectivity index (χ4n) is 8.99. The maximum atomic E-state index is 2.41. The van der Waals surface area contributed by atoms with Gasteiger partial charge in [0.05, 0.1) is 22.4 Å². The zero-order valence-corrected chi connectivity index (χ0v) is 33.0. The Morgan fingerprint density at radius 1 is 0.283 bits per heavy atom. The first-order valence-corrected chi connectivity index (χ1v) is 20.6. The van der Waals surface area contributed by atoms with E-state index in [9.17, 15) is 0 Å². The standard InChI is InChI=1S/C58H40N2/c1-2-16-43(17-3-1)49-22-6-7-23-50(49)46-20-14-21-48(40-46)59(55-31-15-19-44-18-4-5-24-51(44)55)47-38-36-42(37-39-47)41-32-34-45(35-33-41)52-25-8-11-28-56(52)60-57-29-12-9-26-53(57)54-27-10-13-30-58(54)60/h1-40H. The molecule has 0 radical (unpaired) electrons. The van der Waals surface area contributed by atoms with E-state index in [1.165, 1.54) is 82.8 Å². The Kier molecular flexibility index (Phi) is 8.87. The van der Waals surface area contributed by atoms with Crippen molar-refractivity contribution in [2.45, 2.75) is 0 Å². The number of para-hydroxylation sites is 3. The smallest absolute Gasteiger partial charge is 0.0541 e. The van der Waals surface area contributed by atoms with Crippen molar-refractivity contribution in [3.63, 3.8) is 0 Å². The van der Waals surface area contributed by atoms with Gasteiger partial charge in [0.2, 0.25) is 0 Å². The molecule has 10 aromatic carbocycles. The van der Waals surface area contributed by atoms with Crippen LogP contribution in [0.5, 0.6) is 0 Å². The lowest BCUT2D eigenvalue weighted by atomic mass is 9.94. The van der Waals surface area contributed by atoms with Crippen molar-refractivity contribution in [3.8, 4) is 50.2 Å². The number of fused-ring (bicyclic) bond motifs is 4. The number of hydrogen-bond donors (Lipinski definition) is 0. The summed E-state index contributed by atoms with van der Waals surface area (Å²) in [4.78, 5) is 2.40. The summed E-state index contributed by atoms with van der Waals surface area (Å²) >= 11 is 0. The first kappa shape index (κ1) is 35.2. The highest BCUT2D eigenvalue weighted by molar-refractivity contribution is 6.09. The van der Waals surface area contributed by atoms with Gasteiger partial charge < -0.3 is 9.47 Å². The zero-order chi connectivity index (χ0) is 39.8. The third-order valence-corrected chi connectivity index (χ3v) is 11.8. The van der Waals surface area contributed by atoms with Crippen LogP contribution >= 0.6 is 0 Å². The van der Waals surface area contributed by atoms with Gasteiger partial charge in [-0.15, -0.1) is 0 Å². The first-order chi connectivity index (χ1) is 29.8. The number of benzene rings is 10. The van der Waals surface area contributed by atoms with Crippen molar-refractivity contribution in [1.82, 2.24) is 4.57 Å². The molecule has 2 nitrogen and oxygen atoms in total. The van der Waals surface area contributed by atoms with E-state index >= 15 is 0 Å². The molecule has 0 unspecified atom stereocenters. The summed E-state index contributed by atoms with van der Waals surface area (Å²) < 4.78 is 2.41. The Labute approximate surface area is 350 Å². The molecule has 1 heterocycles. The summed E-state index contributed by atoms with van der Waals surface area (Å²) in [7, 11) is 0. The summed E-state index contributed by atoms with van der Waals surface area (Å²) in [6.07, 6.45) is 0. The monoisotopic (exact) mass is 764 g/mol. The third-order valence-electron chi connectivity index (χ3n) is 11.8. The van der Waals surface area contributed by atoms with E-state index in [-0.39, 0.29) is 0 Å². The summed E-state index contributed by atoms with van der Waals surface area (Å²) in [5, 5.41) is 4.95. The highest BCUT2D eigenvalue weighted by Crippen LogP contribution is 2.42. The average molecular weight is 765 g/mol. The molecule has 0 N–H and O–H groups in total. The molecule has 0 saturated carbocycles. The van der Waals surface area contributed by atoms with Gasteiger partial charge >= 0.3 is 0 Å². The molecular weight excluding hydrogens is 725 g/mol. The van der Waals surface area contributed by atoms with E-state index in [2.05, 4.69) is 252 Å². The van der Waals surface area contributed by atoms with Gasteiger partial charge in [0, 0.05) is 33.1 Å². The molecule has 0 aliphatic rings. The van der Waals surface area contributed by atoms with Crippen molar-refractivity contribution in [2.24, 2.45) is 0 Å². The molecule has 11 aromatic rings. The first-order valence-electron chi connectivity index (χ1n) is 20.6. The van der Waals surface area contributed by atoms with E-state index in [1.54, 1.807) is 0 Å². The molecule has 0 saturated heterocycles. The number of aromatic nitrogens is 1. The molecule has 0 bridgehead atoms. The fraction of sp³-hybridized carbons (Fsp3) is 0. The quantitative estimate of drug-likeness (QED) is 0.150. The second kappa shape index (κ2) is 15.1. The number of rotatable bonds is 8. The lowest BCUT2D eigenvalue weighted by molar-refractivity contribution is 1.18. The van der Waals surface area contributed by atoms with Crippen molar-refractivity contribution in [3.05, 3.63) is 243 Å². The molecule has 0 aliphatic carbocycles. The van der Waals surface area contributed by atoms with Crippen molar-refractivity contribution < 1.29 is 0 Å². The minimum absolute atomic E-state index is 1.10. The van der Waals surface area contributed by atoms with Crippen LogP contribution in [-0.4, -0.2) is 4.57 Å². The third kappa shape index (κ3) is 6.23. The summed E-state index contributed by atoms with van der Waals surface area (Å²) in [5.74, 6) is 0. The van der Waals surface area contributed by atoms with Gasteiger partial charge in [-0.2, -0.15) is 0 Å². The lowest BCUT2D eigenvalue weighted by Crippen LogP contribution is -2.10. The van der Waals surface area contributed by atoms with Crippen LogP contribution in [0.15, 0.2) is 243 Å². The van der Waals surface area contributed by atoms with E-state index in [4.69, 9.17) is 0 Å². The van der Waals surface area contributed by atoms with Crippen LogP contribution in [0, 0.1) is 0 Å². The Balaban J connectivity index is 0.967. The van der Waals surface area contributed by atoms with Crippen molar-refractivity contribution in [2.75, 3.05) is 4.90 Å². The molecular formula is C58H40N2. The fourth-order valence-corrected chi connectivity index (χ4v) is 8.99. The van der Waals surface area contributed by atoms with E-state index in [1.807, 2.05) is 0 Å². The second-order valence-electron chi connectivity index (χ2n) is 15.3. The predicted molar refractivity (Wildman–Crippen MR) is 255 cm³/mol. The average Bonchev–Trinajstić information content (AvgIpc) is 3.67. The van der Waals surface area contributed by atoms with Crippen LogP contribution in [0.1, 0.15) is 0 Å². The predicted octanol–water partition coefficient (Wildman–Crippen LogP) is 16.1. The maximum absolute atomic E-state index is 2.41. The highest BCUT2D eigenvalue weighted by atomic mass is 15.1. The molecule has 0 aliphatic heterocycles. The number of nitrogens with zero attached hydrogens (tertiary/aromatic N) is 2. The molecule has 11 rings (SSSR count). The molecule has 0 amide bonds. The van der Waals surface area contributed by atoms with Crippen LogP contribution < -0.4 is 4.90 Å². The maximum Gasteiger partial charge on any atom is 0.0541 e. The molecule has 60 heavy (non-hydrogen) atoms. The summed E-state index contributed by atoms with van der Waals surface area (Å²) in [6, 6.07) is 87.8. The molecule has 0 spiro atoms. The van der Waals surface area contributed by atoms with Gasteiger partial charge in [-0.3, -0.25) is 0 Å². The van der Waals surface area contributed by atoms with Crippen LogP contribution in [0.25, 0.3) is 82.8 Å². The van der Waals surface area contributed by atoms with E-state index in [0.717, 1.165) is 17.1 Å². The topological polar surface area (TPSA) is 8.17 Å². The second-order valence-corrected chi connectivity index (χ2v) is 15.3. The Bertz CT molecular complexity index is 3240. The SMILES string of the molecule is c1ccc(-c2ccccc2-c2cccc(N(c3ccc(-c4ccc(-c5ccccc5-n5c6ccccc6c6ccccc65)cc4)cc3)c3cccc4ccccc34)c2)cc1. The number of hydrogen-bond acceptors (Lipinski definition) is 1. The summed E-state index contributed by atoms with van der Waals surface area (Å²) in [5.41, 5.74) is 16.5. The van der Waals surface area contributed by atoms with Crippen LogP contribution in [-0.2, 0) is 0 Å². The zero-order valence-electron chi connectivity index (χ0n) is 33.0. The van der Waals surface area contributed by atoms with E-state index in [0.29, 0.717) is 0 Å². The van der Waals surface area contributed by atoms with E-state index < -0.39 is 0 Å². The molecule has 0 fully saturated rings. The largest absolute Gasteiger partial charge is 0.310 e. The van der Waals surface area contributed by atoms with Crippen LogP contribution in [0.4, 0.5) is 17.1 Å². The van der Waals surface area contributed by atoms with Gasteiger partial charge in [-0.1, -0.05) is 194 Å². The van der Waals surface area contributed by atoms with Gasteiger partial charge in [-0.25, -0.2) is 0 Å². The molecule has 282 valence electrons. The van der Waals surface area contributed by atoms with Crippen molar-refractivity contribution >= 4 is 49.6 Å². The normalized spacial score (nSPS) is 11.3. The van der Waals surface area contributed by atoms with Gasteiger partial charge in [0.15, 0.2) is 0 Å². The molecule has 0 atom stereocenters.